The third kappa shape index (κ3) is 7.06. The van der Waals surface area contributed by atoms with Gasteiger partial charge in [0.2, 0.25) is 0 Å². The van der Waals surface area contributed by atoms with E-state index in [9.17, 15) is 0 Å². The van der Waals surface area contributed by atoms with Crippen molar-refractivity contribution < 1.29 is 4.74 Å². The molecule has 0 saturated carbocycles. The van der Waals surface area contributed by atoms with E-state index in [2.05, 4.69) is 34.6 Å². The lowest BCUT2D eigenvalue weighted by Gasteiger charge is -2.15. The van der Waals surface area contributed by atoms with Crippen molar-refractivity contribution in [2.75, 3.05) is 40.4 Å². The molecule has 0 amide bonds. The second-order valence-electron chi connectivity index (χ2n) is 4.55. The highest BCUT2D eigenvalue weighted by Crippen LogP contribution is 2.09. The molecular formula is C13H25N3OS. The van der Waals surface area contributed by atoms with E-state index in [0.717, 1.165) is 37.8 Å². The summed E-state index contributed by atoms with van der Waals surface area (Å²) in [5.41, 5.74) is 1.19. The van der Waals surface area contributed by atoms with E-state index in [4.69, 9.17) is 4.74 Å². The summed E-state index contributed by atoms with van der Waals surface area (Å²) in [5, 5.41) is 6.66. The molecule has 0 aliphatic rings. The number of ether oxygens (including phenoxy) is 1. The number of hydrogen-bond donors (Lipinski definition) is 1. The van der Waals surface area contributed by atoms with Crippen LogP contribution >= 0.6 is 11.3 Å². The van der Waals surface area contributed by atoms with Crippen LogP contribution in [0.4, 0.5) is 0 Å². The molecule has 0 radical (unpaired) electrons. The maximum absolute atomic E-state index is 4.98. The standard InChI is InChI=1S/C13H25N3OS/c1-12-15-13(11-18-12)10-16(2)8-5-4-6-14-7-9-17-3/h11,14H,4-10H2,1-3H3. The summed E-state index contributed by atoms with van der Waals surface area (Å²) in [6, 6.07) is 0. The minimum absolute atomic E-state index is 0.795. The average Bonchev–Trinajstić information content (AvgIpc) is 2.73. The molecule has 0 spiro atoms. The first kappa shape index (κ1) is 15.6. The van der Waals surface area contributed by atoms with E-state index >= 15 is 0 Å². The molecule has 1 aromatic rings. The van der Waals surface area contributed by atoms with Crippen LogP contribution in [-0.4, -0.2) is 50.3 Å². The van der Waals surface area contributed by atoms with Crippen molar-refractivity contribution >= 4 is 11.3 Å². The molecule has 1 rings (SSSR count). The lowest BCUT2D eigenvalue weighted by atomic mass is 10.3. The monoisotopic (exact) mass is 271 g/mol. The summed E-state index contributed by atoms with van der Waals surface area (Å²) < 4.78 is 4.98. The van der Waals surface area contributed by atoms with Crippen LogP contribution in [0.2, 0.25) is 0 Å². The Morgan fingerprint density at radius 1 is 1.39 bits per heavy atom. The highest BCUT2D eigenvalue weighted by atomic mass is 32.1. The first-order valence-corrected chi connectivity index (χ1v) is 7.39. The Balaban J connectivity index is 1.98. The number of methoxy groups -OCH3 is 1. The summed E-state index contributed by atoms with van der Waals surface area (Å²) >= 11 is 1.73. The Morgan fingerprint density at radius 3 is 2.89 bits per heavy atom. The summed E-state index contributed by atoms with van der Waals surface area (Å²) in [6.45, 7) is 6.96. The molecule has 1 aromatic heterocycles. The highest BCUT2D eigenvalue weighted by Gasteiger charge is 2.03. The van der Waals surface area contributed by atoms with E-state index in [1.807, 2.05) is 0 Å². The fourth-order valence-corrected chi connectivity index (χ4v) is 2.37. The highest BCUT2D eigenvalue weighted by molar-refractivity contribution is 7.09. The molecule has 0 aromatic carbocycles. The van der Waals surface area contributed by atoms with E-state index in [0.29, 0.717) is 0 Å². The largest absolute Gasteiger partial charge is 0.383 e. The van der Waals surface area contributed by atoms with E-state index in [1.165, 1.54) is 18.5 Å². The molecule has 0 saturated heterocycles. The molecule has 104 valence electrons. The van der Waals surface area contributed by atoms with Crippen LogP contribution in [0.25, 0.3) is 0 Å². The van der Waals surface area contributed by atoms with Gasteiger partial charge in [0.05, 0.1) is 17.3 Å². The van der Waals surface area contributed by atoms with Crippen molar-refractivity contribution in [3.63, 3.8) is 0 Å². The Kier molecular flexibility index (Phi) is 8.17. The molecule has 18 heavy (non-hydrogen) atoms. The molecule has 1 N–H and O–H groups in total. The van der Waals surface area contributed by atoms with Gasteiger partial charge < -0.3 is 15.0 Å². The molecule has 0 unspecified atom stereocenters. The van der Waals surface area contributed by atoms with Crippen LogP contribution in [-0.2, 0) is 11.3 Å². The molecule has 0 atom stereocenters. The SMILES string of the molecule is COCCNCCCCN(C)Cc1csc(C)n1. The number of hydrogen-bond acceptors (Lipinski definition) is 5. The van der Waals surface area contributed by atoms with Crippen LogP contribution < -0.4 is 5.32 Å². The first-order valence-electron chi connectivity index (χ1n) is 6.51. The summed E-state index contributed by atoms with van der Waals surface area (Å²) in [5.74, 6) is 0. The lowest BCUT2D eigenvalue weighted by molar-refractivity contribution is 0.199. The van der Waals surface area contributed by atoms with Crippen molar-refractivity contribution in [1.29, 1.82) is 0 Å². The van der Waals surface area contributed by atoms with E-state index in [1.54, 1.807) is 18.4 Å². The van der Waals surface area contributed by atoms with Crippen molar-refractivity contribution in [2.24, 2.45) is 0 Å². The van der Waals surface area contributed by atoms with Gasteiger partial charge in [0, 0.05) is 25.6 Å². The molecule has 5 heteroatoms. The third-order valence-corrected chi connectivity index (χ3v) is 3.55. The normalized spacial score (nSPS) is 11.3. The Morgan fingerprint density at radius 2 is 2.22 bits per heavy atom. The predicted molar refractivity (Wildman–Crippen MR) is 77.2 cm³/mol. The average molecular weight is 271 g/mol. The Hall–Kier alpha value is -0.490. The van der Waals surface area contributed by atoms with Crippen LogP contribution in [0.15, 0.2) is 5.38 Å². The van der Waals surface area contributed by atoms with Crippen molar-refractivity contribution in [3.05, 3.63) is 16.1 Å². The fourth-order valence-electron chi connectivity index (χ4n) is 1.77. The zero-order chi connectivity index (χ0) is 13.2. The van der Waals surface area contributed by atoms with Crippen molar-refractivity contribution in [1.82, 2.24) is 15.2 Å². The number of aromatic nitrogens is 1. The summed E-state index contributed by atoms with van der Waals surface area (Å²) in [7, 11) is 3.89. The minimum Gasteiger partial charge on any atom is -0.383 e. The fraction of sp³-hybridized carbons (Fsp3) is 0.769. The topological polar surface area (TPSA) is 37.4 Å². The number of nitrogens with zero attached hydrogens (tertiary/aromatic N) is 2. The van der Waals surface area contributed by atoms with Gasteiger partial charge in [-0.05, 0) is 39.9 Å². The van der Waals surface area contributed by atoms with Gasteiger partial charge in [0.15, 0.2) is 0 Å². The maximum Gasteiger partial charge on any atom is 0.0897 e. The third-order valence-electron chi connectivity index (χ3n) is 2.72. The minimum atomic E-state index is 0.795. The number of nitrogens with one attached hydrogen (secondary N) is 1. The van der Waals surface area contributed by atoms with Gasteiger partial charge in [-0.25, -0.2) is 4.98 Å². The van der Waals surface area contributed by atoms with Gasteiger partial charge >= 0.3 is 0 Å². The summed E-state index contributed by atoms with van der Waals surface area (Å²) in [4.78, 5) is 6.82. The quantitative estimate of drug-likeness (QED) is 0.660. The second-order valence-corrected chi connectivity index (χ2v) is 5.61. The Labute approximate surface area is 114 Å². The molecule has 0 aliphatic carbocycles. The van der Waals surface area contributed by atoms with Crippen LogP contribution in [0, 0.1) is 6.92 Å². The van der Waals surface area contributed by atoms with Crippen LogP contribution in [0.3, 0.4) is 0 Å². The van der Waals surface area contributed by atoms with Gasteiger partial charge in [0.1, 0.15) is 0 Å². The van der Waals surface area contributed by atoms with Gasteiger partial charge in [-0.2, -0.15) is 0 Å². The van der Waals surface area contributed by atoms with Gasteiger partial charge in [0.25, 0.3) is 0 Å². The molecule has 1 heterocycles. The zero-order valence-electron chi connectivity index (χ0n) is 11.7. The van der Waals surface area contributed by atoms with Gasteiger partial charge in [-0.3, -0.25) is 0 Å². The molecule has 4 nitrogen and oxygen atoms in total. The van der Waals surface area contributed by atoms with Crippen molar-refractivity contribution in [2.45, 2.75) is 26.3 Å². The molecule has 0 fully saturated rings. The van der Waals surface area contributed by atoms with Gasteiger partial charge in [-0.1, -0.05) is 0 Å². The van der Waals surface area contributed by atoms with Crippen LogP contribution in [0.1, 0.15) is 23.5 Å². The maximum atomic E-state index is 4.98. The smallest absolute Gasteiger partial charge is 0.0897 e. The molecule has 0 bridgehead atoms. The second kappa shape index (κ2) is 9.44. The predicted octanol–water partition coefficient (Wildman–Crippen LogP) is 1.90. The lowest BCUT2D eigenvalue weighted by Crippen LogP contribution is -2.23. The first-order chi connectivity index (χ1) is 8.72. The van der Waals surface area contributed by atoms with Crippen molar-refractivity contribution in [3.8, 4) is 0 Å². The number of rotatable bonds is 10. The van der Waals surface area contributed by atoms with Gasteiger partial charge in [-0.15, -0.1) is 11.3 Å². The molecular weight excluding hydrogens is 246 g/mol. The summed E-state index contributed by atoms with van der Waals surface area (Å²) in [6.07, 6.45) is 2.43. The van der Waals surface area contributed by atoms with E-state index < -0.39 is 0 Å². The number of aryl methyl sites for hydroxylation is 1. The number of unbranched alkanes of at least 4 members (excludes halogenated alkanes) is 1. The zero-order valence-corrected chi connectivity index (χ0v) is 12.6. The molecule has 0 aliphatic heterocycles. The van der Waals surface area contributed by atoms with E-state index in [-0.39, 0.29) is 0 Å². The van der Waals surface area contributed by atoms with Crippen LogP contribution in [0.5, 0.6) is 0 Å². The Bertz CT molecular complexity index is 317. The number of thiazole rings is 1.